The molecule has 0 bridgehead atoms. The van der Waals surface area contributed by atoms with Crippen molar-refractivity contribution in [3.63, 3.8) is 0 Å². The van der Waals surface area contributed by atoms with Crippen LogP contribution in [0, 0.1) is 0 Å². The number of unbranched alkanes of at least 4 members (excludes halogenated alkanes) is 3. The van der Waals surface area contributed by atoms with Crippen LogP contribution in [0.2, 0.25) is 0 Å². The number of ether oxygens (including phenoxy) is 2. The minimum Gasteiger partial charge on any atom is -0.776 e. The monoisotopic (exact) mass is 860 g/mol. The molecule has 2 amide bonds. The third-order valence-corrected chi connectivity index (χ3v) is 12.7. The molecule has 304 valence electrons. The number of carbonyl (C=O) groups is 4. The van der Waals surface area contributed by atoms with Crippen LogP contribution in [0.4, 0.5) is 8.78 Å². The zero-order chi connectivity index (χ0) is 40.9. The summed E-state index contributed by atoms with van der Waals surface area (Å²) in [4.78, 5) is 92.2. The fourth-order valence-electron chi connectivity index (χ4n) is 5.87. The number of rotatable bonds is 22. The first-order valence-corrected chi connectivity index (χ1v) is 20.9. The molecule has 4 atom stereocenters. The van der Waals surface area contributed by atoms with Crippen LogP contribution in [-0.4, -0.2) is 80.5 Å². The maximum absolute atomic E-state index is 15.9. The molecule has 1 saturated heterocycles. The van der Waals surface area contributed by atoms with E-state index in [1.807, 2.05) is 0 Å². The Morgan fingerprint density at radius 2 is 1.58 bits per heavy atom. The van der Waals surface area contributed by atoms with Gasteiger partial charge in [0.2, 0.25) is 5.91 Å². The van der Waals surface area contributed by atoms with E-state index in [0.717, 1.165) is 18.9 Å². The normalized spacial score (nSPS) is 17.9. The number of amides is 2. The van der Waals surface area contributed by atoms with Gasteiger partial charge in [-0.05, 0) is 62.8 Å². The molecule has 4 N–H and O–H groups in total. The second-order valence-corrected chi connectivity index (χ2v) is 16.9. The Kier molecular flexibility index (Phi) is 22.8. The molecule has 2 aromatic carbocycles. The summed E-state index contributed by atoms with van der Waals surface area (Å²) < 4.78 is 64.7. The SMILES string of the molecule is CCOC(=O)CCCCCCN1C(=O)CC[C@@H]1/C=C/[C@@H](OC(=O)Cc1ccc(C(=O)NCCCC(O)(P(=O)([O-])O)P(=O)([O-])O)cc1)C(F)(F)c1ccccc1.[Na+].[Na+]. The van der Waals surface area contributed by atoms with Crippen LogP contribution in [0.5, 0.6) is 0 Å². The van der Waals surface area contributed by atoms with E-state index in [-0.39, 0.29) is 89.5 Å². The van der Waals surface area contributed by atoms with Gasteiger partial charge in [-0.25, -0.2) is 0 Å². The fourth-order valence-corrected chi connectivity index (χ4v) is 8.03. The summed E-state index contributed by atoms with van der Waals surface area (Å²) in [5, 5.41) is 8.34. The van der Waals surface area contributed by atoms with E-state index in [2.05, 4.69) is 5.32 Å². The maximum atomic E-state index is 15.9. The van der Waals surface area contributed by atoms with E-state index in [4.69, 9.17) is 19.3 Å². The Labute approximate surface area is 374 Å². The van der Waals surface area contributed by atoms with Gasteiger partial charge in [0, 0.05) is 37.1 Å². The summed E-state index contributed by atoms with van der Waals surface area (Å²) in [5.41, 5.74) is -0.0450. The van der Waals surface area contributed by atoms with Crippen LogP contribution in [0.1, 0.15) is 86.2 Å². The second kappa shape index (κ2) is 24.4. The predicted octanol–water partition coefficient (Wildman–Crippen LogP) is -2.75. The Balaban J connectivity index is 0.00000812. The number of carbonyl (C=O) groups excluding carboxylic acids is 4. The number of esters is 2. The van der Waals surface area contributed by atoms with Crippen LogP contribution in [0.15, 0.2) is 66.7 Å². The van der Waals surface area contributed by atoms with Crippen molar-refractivity contribution in [2.45, 2.75) is 94.3 Å². The number of hydrogen-bond acceptors (Lipinski definition) is 11. The average Bonchev–Trinajstić information content (AvgIpc) is 3.47. The summed E-state index contributed by atoms with van der Waals surface area (Å²) in [7, 11) is -11.9. The van der Waals surface area contributed by atoms with Crippen LogP contribution >= 0.6 is 15.2 Å². The number of hydrogen-bond donors (Lipinski definition) is 4. The first kappa shape index (κ1) is 53.2. The van der Waals surface area contributed by atoms with Crippen molar-refractivity contribution in [1.29, 1.82) is 0 Å². The van der Waals surface area contributed by atoms with Gasteiger partial charge in [0.1, 0.15) is 0 Å². The molecule has 1 aliphatic rings. The molecule has 0 spiro atoms. The minimum absolute atomic E-state index is 0. The Bertz CT molecular complexity index is 1720. The minimum atomic E-state index is -5.95. The summed E-state index contributed by atoms with van der Waals surface area (Å²) in [6.07, 6.45) is 2.20. The van der Waals surface area contributed by atoms with Crippen molar-refractivity contribution in [1.82, 2.24) is 10.2 Å². The first-order chi connectivity index (χ1) is 25.8. The van der Waals surface area contributed by atoms with E-state index < -0.39 is 75.0 Å². The Morgan fingerprint density at radius 3 is 2.18 bits per heavy atom. The molecule has 0 aliphatic carbocycles. The van der Waals surface area contributed by atoms with E-state index in [0.29, 0.717) is 44.4 Å². The fraction of sp³-hybridized carbons (Fsp3) is 0.500. The van der Waals surface area contributed by atoms with E-state index >= 15 is 8.78 Å². The van der Waals surface area contributed by atoms with Crippen molar-refractivity contribution in [3.05, 3.63) is 83.4 Å². The van der Waals surface area contributed by atoms with Gasteiger partial charge in [0.25, 0.3) is 5.91 Å². The van der Waals surface area contributed by atoms with Gasteiger partial charge in [-0.1, -0.05) is 61.4 Å². The summed E-state index contributed by atoms with van der Waals surface area (Å²) in [6, 6.07) is 11.7. The van der Waals surface area contributed by atoms with Crippen LogP contribution in [-0.2, 0) is 45.3 Å². The van der Waals surface area contributed by atoms with Gasteiger partial charge in [-0.2, -0.15) is 8.78 Å². The molecule has 21 heteroatoms. The molecular formula is C36H46F2N2Na2O13P2. The first-order valence-electron chi connectivity index (χ1n) is 17.7. The Morgan fingerprint density at radius 1 is 0.965 bits per heavy atom. The maximum Gasteiger partial charge on any atom is 1.00 e. The number of halogens is 2. The number of alkyl halides is 2. The van der Waals surface area contributed by atoms with Crippen molar-refractivity contribution in [3.8, 4) is 0 Å². The molecule has 1 fully saturated rings. The zero-order valence-corrected chi connectivity index (χ0v) is 38.0. The quantitative estimate of drug-likeness (QED) is 0.0309. The summed E-state index contributed by atoms with van der Waals surface area (Å²) >= 11 is 0. The molecule has 1 heterocycles. The van der Waals surface area contributed by atoms with Gasteiger partial charge < -0.3 is 53.5 Å². The molecule has 57 heavy (non-hydrogen) atoms. The molecular weight excluding hydrogens is 814 g/mol. The average molecular weight is 861 g/mol. The van der Waals surface area contributed by atoms with Gasteiger partial charge in [0.15, 0.2) is 26.4 Å². The van der Waals surface area contributed by atoms with Crippen LogP contribution in [0.25, 0.3) is 0 Å². The van der Waals surface area contributed by atoms with E-state index in [1.54, 1.807) is 17.9 Å². The summed E-state index contributed by atoms with van der Waals surface area (Å²) in [6.45, 7) is 2.08. The number of likely N-dealkylation sites (tertiary alicyclic amines) is 1. The van der Waals surface area contributed by atoms with Crippen molar-refractivity contribution < 1.29 is 130 Å². The van der Waals surface area contributed by atoms with Gasteiger partial charge >= 0.3 is 77.0 Å². The third-order valence-electron chi connectivity index (χ3n) is 8.94. The molecule has 0 saturated carbocycles. The molecule has 2 aromatic rings. The van der Waals surface area contributed by atoms with Crippen LogP contribution in [0.3, 0.4) is 0 Å². The molecule has 1 aliphatic heterocycles. The summed E-state index contributed by atoms with van der Waals surface area (Å²) in [5.74, 6) is -5.76. The van der Waals surface area contributed by atoms with Crippen molar-refractivity contribution in [2.75, 3.05) is 19.7 Å². The van der Waals surface area contributed by atoms with Gasteiger partial charge in [-0.3, -0.25) is 19.2 Å². The van der Waals surface area contributed by atoms with Crippen LogP contribution < -0.4 is 74.2 Å². The second-order valence-electron chi connectivity index (χ2n) is 13.0. The number of nitrogens with one attached hydrogen (secondary N) is 1. The third kappa shape index (κ3) is 15.9. The largest absolute Gasteiger partial charge is 1.00 e. The molecule has 3 rings (SSSR count). The smallest absolute Gasteiger partial charge is 0.776 e. The standard InChI is InChI=1S/C36H48F2N2O13P2.2Na/c1-2-52-32(42)13-8-3-4-9-24-40-29(19-21-31(40)41)18-20-30(36(37,38)28-11-6-5-7-12-28)53-33(43)25-26-14-16-27(17-15-26)34(44)39-23-10-22-35(45,54(46,47)48)55(49,50)51;;/h5-7,11-12,14-18,20,29-30,45H,2-4,8-10,13,19,21-25H2,1H3,(H,39,44)(H2,46,47,48)(H2,49,50,51);;/q;2*+1/p-2/b20-18+;;/t29-,30+;;/m0../s1. The topological polar surface area (TPSA) is 243 Å². The molecule has 0 radical (unpaired) electrons. The molecule has 15 nitrogen and oxygen atoms in total. The van der Waals surface area contributed by atoms with Crippen molar-refractivity contribution in [2.24, 2.45) is 0 Å². The molecule has 0 aromatic heterocycles. The Hall–Kier alpha value is -1.82. The van der Waals surface area contributed by atoms with E-state index in [1.165, 1.54) is 54.6 Å². The van der Waals surface area contributed by atoms with Gasteiger partial charge in [0.05, 0.1) is 19.1 Å². The molecule has 2 unspecified atom stereocenters. The number of benzene rings is 2. The van der Waals surface area contributed by atoms with Crippen molar-refractivity contribution >= 4 is 38.9 Å². The van der Waals surface area contributed by atoms with E-state index in [9.17, 15) is 43.2 Å². The zero-order valence-electron chi connectivity index (χ0n) is 32.2. The number of aliphatic hydroxyl groups is 1. The van der Waals surface area contributed by atoms with Gasteiger partial charge in [-0.15, -0.1) is 0 Å². The number of nitrogens with zero attached hydrogens (tertiary/aromatic N) is 1. The predicted molar refractivity (Wildman–Crippen MR) is 190 cm³/mol.